The monoisotopic (exact) mass is 535 g/mol. The second kappa shape index (κ2) is 10.4. The van der Waals surface area contributed by atoms with Crippen LogP contribution in [0, 0.1) is 39.4 Å². The van der Waals surface area contributed by atoms with E-state index >= 15 is 0 Å². The molecule has 1 aromatic heterocycles. The standard InChI is InChI=1S/C30H30FN9/c1-29(2,3)18-36-27-22(14-34)15-35-26-21(13-33)10-23(11-24(26)27)37-28(20-6-4-5-19(9-20)12-32)25-16-40(39-38-25)30(17-31)7-8-30/h4-6,9-11,15-16,28,37-39H,7-8,17-18H2,1-3H3,(H,35,36). The van der Waals surface area contributed by atoms with Gasteiger partial charge in [0, 0.05) is 30.0 Å². The SMILES string of the molecule is CC(C)(C)CNc1c(C#N)cnc2c(C#N)cc(NC(C3=CN(C4(CF)CC4)NN3)c3cccc(C#N)c3)cc12. The van der Waals surface area contributed by atoms with Crippen LogP contribution in [0.15, 0.2) is 54.5 Å². The summed E-state index contributed by atoms with van der Waals surface area (Å²) in [6.45, 7) is 6.42. The molecule has 0 radical (unpaired) electrons. The zero-order chi connectivity index (χ0) is 28.5. The van der Waals surface area contributed by atoms with Gasteiger partial charge in [0.25, 0.3) is 0 Å². The molecule has 2 aromatic carbocycles. The molecule has 2 heterocycles. The number of aromatic nitrogens is 1. The van der Waals surface area contributed by atoms with Gasteiger partial charge in [0.05, 0.1) is 51.2 Å². The van der Waals surface area contributed by atoms with Gasteiger partial charge in [-0.1, -0.05) is 32.9 Å². The Labute approximate surface area is 232 Å². The van der Waals surface area contributed by atoms with Gasteiger partial charge in [0.15, 0.2) is 0 Å². The van der Waals surface area contributed by atoms with Gasteiger partial charge in [-0.25, -0.2) is 4.39 Å². The lowest BCUT2D eigenvalue weighted by Crippen LogP contribution is -2.46. The number of halogens is 1. The molecule has 9 nitrogen and oxygen atoms in total. The van der Waals surface area contributed by atoms with E-state index in [2.05, 4.69) is 65.6 Å². The summed E-state index contributed by atoms with van der Waals surface area (Å²) in [7, 11) is 0. The lowest BCUT2D eigenvalue weighted by Gasteiger charge is -2.24. The van der Waals surface area contributed by atoms with Crippen LogP contribution in [0.1, 0.15) is 61.9 Å². The maximum atomic E-state index is 13.8. The molecule has 5 rings (SSSR count). The van der Waals surface area contributed by atoms with Crippen molar-refractivity contribution in [2.24, 2.45) is 5.41 Å². The van der Waals surface area contributed by atoms with Gasteiger partial charge < -0.3 is 16.1 Å². The highest BCUT2D eigenvalue weighted by Crippen LogP contribution is 2.43. The number of nitrogens with zero attached hydrogens (tertiary/aromatic N) is 5. The third kappa shape index (κ3) is 5.20. The highest BCUT2D eigenvalue weighted by Gasteiger charge is 2.49. The molecule has 2 aliphatic rings. The quantitative estimate of drug-likeness (QED) is 0.309. The maximum Gasteiger partial charge on any atom is 0.114 e. The second-order valence-electron chi connectivity index (χ2n) is 11.5. The van der Waals surface area contributed by atoms with Crippen LogP contribution in [0.3, 0.4) is 0 Å². The molecule has 1 atom stereocenters. The largest absolute Gasteiger partial charge is 0.383 e. The first-order chi connectivity index (χ1) is 19.2. The normalized spacial score (nSPS) is 16.2. The Morgan fingerprint density at radius 3 is 2.52 bits per heavy atom. The first-order valence-corrected chi connectivity index (χ1v) is 13.1. The Hall–Kier alpha value is -4.85. The smallest absolute Gasteiger partial charge is 0.114 e. The summed E-state index contributed by atoms with van der Waals surface area (Å²) in [5, 5.41) is 38.7. The summed E-state index contributed by atoms with van der Waals surface area (Å²) < 4.78 is 13.8. The summed E-state index contributed by atoms with van der Waals surface area (Å²) in [5.41, 5.74) is 10.1. The van der Waals surface area contributed by atoms with Crippen LogP contribution in [0.2, 0.25) is 0 Å². The van der Waals surface area contributed by atoms with Crippen molar-refractivity contribution in [3.8, 4) is 18.2 Å². The predicted octanol–water partition coefficient (Wildman–Crippen LogP) is 5.13. The molecule has 40 heavy (non-hydrogen) atoms. The van der Waals surface area contributed by atoms with Crippen molar-refractivity contribution in [1.82, 2.24) is 21.0 Å². The van der Waals surface area contributed by atoms with Crippen molar-refractivity contribution in [3.63, 3.8) is 0 Å². The zero-order valence-electron chi connectivity index (χ0n) is 22.6. The minimum atomic E-state index is -0.558. The van der Waals surface area contributed by atoms with Gasteiger partial charge in [-0.2, -0.15) is 15.8 Å². The number of nitrogens with one attached hydrogen (secondary N) is 4. The Kier molecular flexibility index (Phi) is 6.94. The fraction of sp³-hybridized carbons (Fsp3) is 0.333. The van der Waals surface area contributed by atoms with Crippen LogP contribution in [-0.2, 0) is 0 Å². The Bertz CT molecular complexity index is 1610. The number of nitriles is 3. The third-order valence-corrected chi connectivity index (χ3v) is 7.15. The van der Waals surface area contributed by atoms with E-state index in [1.807, 2.05) is 24.4 Å². The van der Waals surface area contributed by atoms with Crippen molar-refractivity contribution in [2.45, 2.75) is 45.2 Å². The van der Waals surface area contributed by atoms with Gasteiger partial charge in [-0.3, -0.25) is 9.99 Å². The van der Waals surface area contributed by atoms with E-state index in [4.69, 9.17) is 0 Å². The fourth-order valence-electron chi connectivity index (χ4n) is 4.71. The highest BCUT2D eigenvalue weighted by molar-refractivity contribution is 5.99. The molecule has 1 saturated carbocycles. The van der Waals surface area contributed by atoms with E-state index in [-0.39, 0.29) is 5.41 Å². The van der Waals surface area contributed by atoms with Gasteiger partial charge >= 0.3 is 0 Å². The number of hydrogen-bond acceptors (Lipinski definition) is 9. The molecule has 10 heteroatoms. The molecule has 202 valence electrons. The fourth-order valence-corrected chi connectivity index (χ4v) is 4.71. The molecule has 0 saturated heterocycles. The molecule has 0 spiro atoms. The number of hydrazine groups is 2. The zero-order valence-corrected chi connectivity index (χ0v) is 22.6. The van der Waals surface area contributed by atoms with Crippen molar-refractivity contribution in [3.05, 3.63) is 76.7 Å². The van der Waals surface area contributed by atoms with Crippen LogP contribution >= 0.6 is 0 Å². The number of fused-ring (bicyclic) bond motifs is 1. The molecule has 1 aliphatic heterocycles. The van der Waals surface area contributed by atoms with E-state index in [0.29, 0.717) is 45.5 Å². The molecule has 1 aliphatic carbocycles. The average molecular weight is 536 g/mol. The molecule has 3 aromatic rings. The number of benzene rings is 2. The van der Waals surface area contributed by atoms with Crippen LogP contribution in [-0.4, -0.2) is 28.8 Å². The minimum absolute atomic E-state index is 0.0505. The van der Waals surface area contributed by atoms with E-state index in [0.717, 1.165) is 24.1 Å². The third-order valence-electron chi connectivity index (χ3n) is 7.15. The molecule has 1 fully saturated rings. The molecule has 0 amide bonds. The van der Waals surface area contributed by atoms with Gasteiger partial charge in [0.2, 0.25) is 0 Å². The highest BCUT2D eigenvalue weighted by atomic mass is 19.1. The van der Waals surface area contributed by atoms with E-state index in [1.165, 1.54) is 6.20 Å². The first kappa shape index (κ1) is 26.7. The topological polar surface area (TPSA) is 136 Å². The summed E-state index contributed by atoms with van der Waals surface area (Å²) >= 11 is 0. The number of alkyl halides is 1. The first-order valence-electron chi connectivity index (χ1n) is 13.1. The van der Waals surface area contributed by atoms with Crippen LogP contribution in [0.5, 0.6) is 0 Å². The number of hydrogen-bond donors (Lipinski definition) is 4. The van der Waals surface area contributed by atoms with Gasteiger partial charge in [-0.05, 0) is 48.1 Å². The second-order valence-corrected chi connectivity index (χ2v) is 11.5. The van der Waals surface area contributed by atoms with E-state index in [1.54, 1.807) is 23.2 Å². The average Bonchev–Trinajstić information content (AvgIpc) is 3.61. The lowest BCUT2D eigenvalue weighted by molar-refractivity contribution is 0.146. The van der Waals surface area contributed by atoms with Crippen LogP contribution < -0.4 is 21.6 Å². The Morgan fingerprint density at radius 2 is 1.88 bits per heavy atom. The summed E-state index contributed by atoms with van der Waals surface area (Å²) in [6, 6.07) is 17.0. The Morgan fingerprint density at radius 1 is 1.10 bits per heavy atom. The summed E-state index contributed by atoms with van der Waals surface area (Å²) in [4.78, 5) is 4.44. The van der Waals surface area contributed by atoms with Crippen molar-refractivity contribution in [1.29, 1.82) is 15.8 Å². The van der Waals surface area contributed by atoms with E-state index in [9.17, 15) is 20.2 Å². The minimum Gasteiger partial charge on any atom is -0.383 e. The van der Waals surface area contributed by atoms with Crippen LogP contribution in [0.4, 0.5) is 15.8 Å². The predicted molar refractivity (Wildman–Crippen MR) is 151 cm³/mol. The number of rotatable bonds is 8. The van der Waals surface area contributed by atoms with Crippen molar-refractivity contribution < 1.29 is 4.39 Å². The summed E-state index contributed by atoms with van der Waals surface area (Å²) in [6.07, 6.45) is 4.84. The summed E-state index contributed by atoms with van der Waals surface area (Å²) in [5.74, 6) is 0. The molecule has 1 unspecified atom stereocenters. The van der Waals surface area contributed by atoms with Gasteiger partial charge in [0.1, 0.15) is 18.8 Å². The van der Waals surface area contributed by atoms with E-state index < -0.39 is 18.3 Å². The maximum absolute atomic E-state index is 13.8. The molecular formula is C30H30FN9. The number of pyridine rings is 1. The number of anilines is 2. The van der Waals surface area contributed by atoms with Gasteiger partial charge in [-0.15, -0.1) is 5.53 Å². The Balaban J connectivity index is 1.60. The molecule has 4 N–H and O–H groups in total. The molecule has 0 bridgehead atoms. The molecular weight excluding hydrogens is 505 g/mol. The van der Waals surface area contributed by atoms with Crippen molar-refractivity contribution >= 4 is 22.3 Å². The van der Waals surface area contributed by atoms with Crippen molar-refractivity contribution in [2.75, 3.05) is 23.9 Å². The lowest BCUT2D eigenvalue weighted by atomic mass is 9.96. The van der Waals surface area contributed by atoms with Crippen LogP contribution in [0.25, 0.3) is 10.9 Å².